The molecule has 25 heavy (non-hydrogen) atoms. The number of carbonyl (C=O) groups is 1. The zero-order chi connectivity index (χ0) is 17.8. The van der Waals surface area contributed by atoms with Crippen molar-refractivity contribution in [2.45, 2.75) is 36.1 Å². The summed E-state index contributed by atoms with van der Waals surface area (Å²) in [6.45, 7) is 0. The minimum absolute atomic E-state index is 0.175. The fourth-order valence-electron chi connectivity index (χ4n) is 2.92. The van der Waals surface area contributed by atoms with Crippen LogP contribution in [0.1, 0.15) is 31.2 Å². The third kappa shape index (κ3) is 3.51. The van der Waals surface area contributed by atoms with Crippen LogP contribution in [-0.2, 0) is 4.79 Å². The van der Waals surface area contributed by atoms with Crippen molar-refractivity contribution in [1.29, 1.82) is 5.41 Å². The van der Waals surface area contributed by atoms with E-state index in [9.17, 15) is 9.59 Å². The van der Waals surface area contributed by atoms with E-state index in [1.165, 1.54) is 16.3 Å². The minimum atomic E-state index is -0.314. The van der Waals surface area contributed by atoms with Gasteiger partial charge in [-0.05, 0) is 25.0 Å². The summed E-state index contributed by atoms with van der Waals surface area (Å²) >= 11 is 1.34. The van der Waals surface area contributed by atoms with Crippen molar-refractivity contribution in [2.75, 3.05) is 12.4 Å². The second-order valence-electron chi connectivity index (χ2n) is 5.85. The highest BCUT2D eigenvalue weighted by molar-refractivity contribution is 8.00. The summed E-state index contributed by atoms with van der Waals surface area (Å²) in [5, 5.41) is 10.7. The van der Waals surface area contributed by atoms with E-state index in [-0.39, 0.29) is 22.2 Å². The summed E-state index contributed by atoms with van der Waals surface area (Å²) in [5.74, 6) is 0.574. The van der Waals surface area contributed by atoms with Gasteiger partial charge in [-0.15, -0.1) is 0 Å². The first-order valence-corrected chi connectivity index (χ1v) is 9.13. The molecule has 3 rings (SSSR count). The molecule has 2 N–H and O–H groups in total. The number of nitrogens with zero attached hydrogens (tertiary/aromatic N) is 2. The predicted molar refractivity (Wildman–Crippen MR) is 100 cm³/mol. The Kier molecular flexibility index (Phi) is 5.33. The molecule has 1 aliphatic carbocycles. The molecular formula is C18H20N4O2S. The number of anilines is 1. The van der Waals surface area contributed by atoms with Crippen molar-refractivity contribution in [3.05, 3.63) is 46.2 Å². The normalized spacial score (nSPS) is 17.3. The quantitative estimate of drug-likeness (QED) is 0.635. The van der Waals surface area contributed by atoms with Gasteiger partial charge in [0.25, 0.3) is 5.56 Å². The van der Waals surface area contributed by atoms with E-state index in [4.69, 9.17) is 5.41 Å². The molecule has 6 nitrogen and oxygen atoms in total. The van der Waals surface area contributed by atoms with Gasteiger partial charge in [0.2, 0.25) is 0 Å². The van der Waals surface area contributed by atoms with E-state index < -0.39 is 0 Å². The molecule has 1 aromatic carbocycles. The van der Waals surface area contributed by atoms with Crippen LogP contribution in [0.2, 0.25) is 0 Å². The average molecular weight is 356 g/mol. The molecular weight excluding hydrogens is 336 g/mol. The van der Waals surface area contributed by atoms with Gasteiger partial charge in [0, 0.05) is 19.7 Å². The summed E-state index contributed by atoms with van der Waals surface area (Å²) in [6, 6.07) is 9.21. The van der Waals surface area contributed by atoms with Gasteiger partial charge in [-0.25, -0.2) is 4.98 Å². The molecule has 1 unspecified atom stereocenters. The van der Waals surface area contributed by atoms with Crippen LogP contribution in [0, 0.1) is 5.41 Å². The first-order chi connectivity index (χ1) is 12.2. The molecule has 1 fully saturated rings. The van der Waals surface area contributed by atoms with Gasteiger partial charge in [-0.1, -0.05) is 36.4 Å². The third-order valence-electron chi connectivity index (χ3n) is 4.23. The number of para-hydroxylation sites is 1. The first kappa shape index (κ1) is 17.4. The van der Waals surface area contributed by atoms with Gasteiger partial charge in [-0.3, -0.25) is 14.2 Å². The van der Waals surface area contributed by atoms with Gasteiger partial charge in [0.1, 0.15) is 17.2 Å². The van der Waals surface area contributed by atoms with Crippen LogP contribution < -0.4 is 10.9 Å². The number of aromatic nitrogens is 2. The number of hydrogen-bond donors (Lipinski definition) is 2. The monoisotopic (exact) mass is 356 g/mol. The van der Waals surface area contributed by atoms with Gasteiger partial charge >= 0.3 is 0 Å². The van der Waals surface area contributed by atoms with E-state index in [1.54, 1.807) is 7.05 Å². The van der Waals surface area contributed by atoms with E-state index in [1.807, 2.05) is 30.3 Å². The molecule has 0 aliphatic heterocycles. The van der Waals surface area contributed by atoms with Crippen LogP contribution in [0.25, 0.3) is 5.69 Å². The van der Waals surface area contributed by atoms with Gasteiger partial charge in [-0.2, -0.15) is 0 Å². The van der Waals surface area contributed by atoms with E-state index in [2.05, 4.69) is 10.3 Å². The van der Waals surface area contributed by atoms with Crippen LogP contribution in [0.4, 0.5) is 5.82 Å². The Hall–Kier alpha value is -2.41. The molecule has 1 aliphatic rings. The lowest BCUT2D eigenvalue weighted by Crippen LogP contribution is -2.29. The lowest BCUT2D eigenvalue weighted by Gasteiger charge is -2.22. The summed E-state index contributed by atoms with van der Waals surface area (Å²) in [4.78, 5) is 29.7. The fourth-order valence-corrected chi connectivity index (χ4v) is 4.15. The van der Waals surface area contributed by atoms with Crippen LogP contribution in [-0.4, -0.2) is 33.8 Å². The van der Waals surface area contributed by atoms with Crippen molar-refractivity contribution >= 4 is 29.6 Å². The van der Waals surface area contributed by atoms with Crippen molar-refractivity contribution in [3.63, 3.8) is 0 Å². The van der Waals surface area contributed by atoms with Crippen LogP contribution in [0.15, 0.2) is 40.3 Å². The second kappa shape index (κ2) is 7.65. The molecule has 1 heterocycles. The Labute approximate surface area is 150 Å². The third-order valence-corrected chi connectivity index (χ3v) is 5.50. The van der Waals surface area contributed by atoms with E-state index in [0.717, 1.165) is 25.5 Å². The Morgan fingerprint density at radius 3 is 2.68 bits per heavy atom. The lowest BCUT2D eigenvalue weighted by molar-refractivity contribution is -0.119. The molecule has 1 aromatic heterocycles. The standard InChI is InChI=1S/C18H20N4O2S/c1-20-16-13(11-19)17(24)22(12-7-3-2-4-8-12)18(21-16)25-15-10-6-5-9-14(15)23/h2-4,7-8,11,15,19-20H,5-6,9-10H2,1H3. The highest BCUT2D eigenvalue weighted by Crippen LogP contribution is 2.32. The number of rotatable bonds is 5. The topological polar surface area (TPSA) is 87.8 Å². The molecule has 0 bridgehead atoms. The number of ketones is 1. The van der Waals surface area contributed by atoms with Gasteiger partial charge in [0.15, 0.2) is 5.16 Å². The number of Topliss-reactive ketones (excluding diaryl/α,β-unsaturated/α-hetero) is 1. The summed E-state index contributed by atoms with van der Waals surface area (Å²) < 4.78 is 1.49. The molecule has 0 amide bonds. The molecule has 130 valence electrons. The van der Waals surface area contributed by atoms with E-state index in [0.29, 0.717) is 23.1 Å². The largest absolute Gasteiger partial charge is 0.372 e. The lowest BCUT2D eigenvalue weighted by atomic mass is 9.99. The molecule has 0 saturated heterocycles. The summed E-state index contributed by atoms with van der Waals surface area (Å²) in [6.07, 6.45) is 4.35. The number of hydrogen-bond acceptors (Lipinski definition) is 6. The Bertz CT molecular complexity index is 848. The first-order valence-electron chi connectivity index (χ1n) is 8.25. The van der Waals surface area contributed by atoms with Crippen LogP contribution in [0.3, 0.4) is 0 Å². The smallest absolute Gasteiger partial charge is 0.269 e. The summed E-state index contributed by atoms with van der Waals surface area (Å²) in [5.41, 5.74) is 0.563. The van der Waals surface area contributed by atoms with Crippen molar-refractivity contribution < 1.29 is 4.79 Å². The zero-order valence-electron chi connectivity index (χ0n) is 14.0. The average Bonchev–Trinajstić information content (AvgIpc) is 2.64. The van der Waals surface area contributed by atoms with Crippen molar-refractivity contribution in [1.82, 2.24) is 9.55 Å². The van der Waals surface area contributed by atoms with E-state index >= 15 is 0 Å². The second-order valence-corrected chi connectivity index (χ2v) is 7.02. The maximum Gasteiger partial charge on any atom is 0.269 e. The molecule has 7 heteroatoms. The van der Waals surface area contributed by atoms with Gasteiger partial charge in [0.05, 0.1) is 10.9 Å². The fraction of sp³-hybridized carbons (Fsp3) is 0.333. The SMILES string of the molecule is CNc1nc(SC2CCCCC2=O)n(-c2ccccc2)c(=O)c1C=N. The number of nitrogens with one attached hydrogen (secondary N) is 2. The Morgan fingerprint density at radius 2 is 2.04 bits per heavy atom. The number of thioether (sulfide) groups is 1. The highest BCUT2D eigenvalue weighted by atomic mass is 32.2. The highest BCUT2D eigenvalue weighted by Gasteiger charge is 2.26. The van der Waals surface area contributed by atoms with Crippen molar-refractivity contribution in [2.24, 2.45) is 0 Å². The van der Waals surface area contributed by atoms with Gasteiger partial charge < -0.3 is 10.7 Å². The Balaban J connectivity index is 2.15. The molecule has 1 saturated carbocycles. The van der Waals surface area contributed by atoms with Crippen LogP contribution >= 0.6 is 11.8 Å². The summed E-state index contributed by atoms with van der Waals surface area (Å²) in [7, 11) is 1.67. The number of carbonyl (C=O) groups excluding carboxylic acids is 1. The zero-order valence-corrected chi connectivity index (χ0v) is 14.8. The number of benzene rings is 1. The molecule has 0 spiro atoms. The molecule has 0 radical (unpaired) electrons. The maximum absolute atomic E-state index is 13.0. The molecule has 1 atom stereocenters. The van der Waals surface area contributed by atoms with Crippen LogP contribution in [0.5, 0.6) is 0 Å². The predicted octanol–water partition coefficient (Wildman–Crippen LogP) is 2.88. The maximum atomic E-state index is 13.0. The Morgan fingerprint density at radius 1 is 1.28 bits per heavy atom. The minimum Gasteiger partial charge on any atom is -0.372 e. The molecule has 2 aromatic rings. The van der Waals surface area contributed by atoms with Crippen molar-refractivity contribution in [3.8, 4) is 5.69 Å².